The molecule has 0 heterocycles. The van der Waals surface area contributed by atoms with Crippen LogP contribution in [-0.4, -0.2) is 43.2 Å². The van der Waals surface area contributed by atoms with E-state index in [0.717, 1.165) is 18.7 Å². The SMILES string of the molecule is C[C@H](CC(=O)N(C)[C@@H](C)[C@@H](O[Si](c1ccccc1)(c1ccccc1)C(C)(C)C)c1ccccc1)N(Cc1ccccc1)Cc1ccccc1. The molecule has 4 nitrogen and oxygen atoms in total. The van der Waals surface area contributed by atoms with Crippen molar-refractivity contribution in [2.45, 2.75) is 77.4 Å². The van der Waals surface area contributed by atoms with Gasteiger partial charge in [-0.3, -0.25) is 9.69 Å². The summed E-state index contributed by atoms with van der Waals surface area (Å²) in [6.45, 7) is 12.8. The molecule has 0 bridgehead atoms. The molecule has 0 radical (unpaired) electrons. The zero-order valence-corrected chi connectivity index (χ0v) is 31.0. The Labute approximate surface area is 295 Å². The lowest BCUT2D eigenvalue weighted by Crippen LogP contribution is -2.67. The third-order valence-electron chi connectivity index (χ3n) is 9.84. The van der Waals surface area contributed by atoms with Gasteiger partial charge in [-0.05, 0) is 45.9 Å². The number of likely N-dealkylation sites (N-methyl/N-ethyl adjacent to an activating group) is 1. The van der Waals surface area contributed by atoms with Gasteiger partial charge in [-0.1, -0.05) is 172 Å². The van der Waals surface area contributed by atoms with Crippen LogP contribution in [0, 0.1) is 0 Å². The number of hydrogen-bond donors (Lipinski definition) is 0. The van der Waals surface area contributed by atoms with Gasteiger partial charge in [-0.25, -0.2) is 0 Å². The van der Waals surface area contributed by atoms with E-state index in [1.165, 1.54) is 21.5 Å². The molecule has 0 aliphatic heterocycles. The second-order valence-electron chi connectivity index (χ2n) is 14.3. The summed E-state index contributed by atoms with van der Waals surface area (Å²) in [5, 5.41) is 2.25. The maximum atomic E-state index is 14.3. The van der Waals surface area contributed by atoms with Crippen molar-refractivity contribution in [3.05, 3.63) is 168 Å². The molecule has 1 amide bonds. The van der Waals surface area contributed by atoms with Gasteiger partial charge in [-0.15, -0.1) is 0 Å². The molecule has 5 aromatic rings. The Morgan fingerprint density at radius 1 is 0.633 bits per heavy atom. The van der Waals surface area contributed by atoms with Gasteiger partial charge in [0.25, 0.3) is 8.32 Å². The average molecular weight is 669 g/mol. The monoisotopic (exact) mass is 668 g/mol. The van der Waals surface area contributed by atoms with Crippen LogP contribution in [-0.2, 0) is 22.3 Å². The first-order valence-corrected chi connectivity index (χ1v) is 19.4. The third-order valence-corrected chi connectivity index (χ3v) is 14.9. The normalized spacial score (nSPS) is 13.9. The highest BCUT2D eigenvalue weighted by molar-refractivity contribution is 6.99. The van der Waals surface area contributed by atoms with Crippen LogP contribution < -0.4 is 10.4 Å². The quantitative estimate of drug-likeness (QED) is 0.111. The van der Waals surface area contributed by atoms with Crippen LogP contribution in [0.4, 0.5) is 0 Å². The van der Waals surface area contributed by atoms with E-state index < -0.39 is 8.32 Å². The molecule has 0 aliphatic carbocycles. The molecule has 5 aromatic carbocycles. The van der Waals surface area contributed by atoms with Gasteiger partial charge >= 0.3 is 0 Å². The Hall–Kier alpha value is -4.29. The summed E-state index contributed by atoms with van der Waals surface area (Å²) in [5.41, 5.74) is 3.55. The molecule has 254 valence electrons. The summed E-state index contributed by atoms with van der Waals surface area (Å²) in [4.78, 5) is 18.6. The molecule has 0 aromatic heterocycles. The molecule has 0 fully saturated rings. The molecule has 0 aliphatic rings. The predicted molar refractivity (Wildman–Crippen MR) is 206 cm³/mol. The predicted octanol–water partition coefficient (Wildman–Crippen LogP) is 8.63. The zero-order chi connectivity index (χ0) is 34.9. The lowest BCUT2D eigenvalue weighted by molar-refractivity contribution is -0.135. The molecule has 5 rings (SSSR count). The highest BCUT2D eigenvalue weighted by Gasteiger charge is 2.52. The van der Waals surface area contributed by atoms with Gasteiger partial charge in [0.2, 0.25) is 5.91 Å². The fourth-order valence-corrected chi connectivity index (χ4v) is 11.7. The summed E-state index contributed by atoms with van der Waals surface area (Å²) >= 11 is 0. The summed E-state index contributed by atoms with van der Waals surface area (Å²) in [5.74, 6) is 0.109. The van der Waals surface area contributed by atoms with Crippen LogP contribution in [0.5, 0.6) is 0 Å². The molecule has 0 spiro atoms. The van der Waals surface area contributed by atoms with Crippen molar-refractivity contribution in [1.82, 2.24) is 9.80 Å². The second kappa shape index (κ2) is 16.4. The molecule has 0 saturated carbocycles. The number of amides is 1. The fraction of sp³-hybridized carbons (Fsp3) is 0.295. The minimum absolute atomic E-state index is 0.0235. The summed E-state index contributed by atoms with van der Waals surface area (Å²) in [6.07, 6.45) is 0.0582. The van der Waals surface area contributed by atoms with Gasteiger partial charge in [0.05, 0.1) is 12.1 Å². The molecular formula is C44H52N2O2Si. The Bertz CT molecular complexity index is 1630. The van der Waals surface area contributed by atoms with E-state index in [4.69, 9.17) is 4.43 Å². The smallest absolute Gasteiger partial charge is 0.262 e. The van der Waals surface area contributed by atoms with Crippen LogP contribution in [0.3, 0.4) is 0 Å². The van der Waals surface area contributed by atoms with Gasteiger partial charge in [0.1, 0.15) is 0 Å². The van der Waals surface area contributed by atoms with Crippen molar-refractivity contribution in [2.75, 3.05) is 7.05 Å². The highest BCUT2D eigenvalue weighted by Crippen LogP contribution is 2.41. The van der Waals surface area contributed by atoms with Crippen molar-refractivity contribution in [3.63, 3.8) is 0 Å². The first-order valence-electron chi connectivity index (χ1n) is 17.5. The van der Waals surface area contributed by atoms with Gasteiger partial charge in [0, 0.05) is 32.6 Å². The number of carbonyl (C=O) groups is 1. The van der Waals surface area contributed by atoms with Gasteiger partial charge in [0.15, 0.2) is 0 Å². The first kappa shape index (κ1) is 36.0. The van der Waals surface area contributed by atoms with E-state index in [9.17, 15) is 4.79 Å². The highest BCUT2D eigenvalue weighted by atomic mass is 28.4. The van der Waals surface area contributed by atoms with Crippen LogP contribution in [0.25, 0.3) is 0 Å². The van der Waals surface area contributed by atoms with E-state index in [1.807, 2.05) is 30.1 Å². The first-order chi connectivity index (χ1) is 23.6. The Morgan fingerprint density at radius 3 is 1.43 bits per heavy atom. The van der Waals surface area contributed by atoms with Crippen LogP contribution in [0.1, 0.15) is 63.8 Å². The lowest BCUT2D eigenvalue weighted by Gasteiger charge is -2.47. The largest absolute Gasteiger partial charge is 0.398 e. The van der Waals surface area contributed by atoms with Crippen molar-refractivity contribution in [1.29, 1.82) is 0 Å². The minimum atomic E-state index is -2.92. The topological polar surface area (TPSA) is 32.8 Å². The van der Waals surface area contributed by atoms with E-state index in [2.05, 4.69) is 173 Å². The molecule has 49 heavy (non-hydrogen) atoms. The standard InChI is InChI=1S/C44H52N2O2Si/c1-35(46(33-37-22-12-7-13-23-37)34-38-24-14-8-15-25-38)32-42(47)45(6)36(2)43(39-26-16-9-17-27-39)48-49(44(3,4)5,40-28-18-10-19-29-40)41-30-20-11-21-31-41/h7-31,35-36,43H,32-34H2,1-6H3/t35-,36+,43-/m1/s1. The summed E-state index contributed by atoms with van der Waals surface area (Å²) < 4.78 is 7.74. The fourth-order valence-electron chi connectivity index (χ4n) is 6.93. The molecule has 5 heteroatoms. The van der Waals surface area contributed by atoms with Gasteiger partial charge in [-0.2, -0.15) is 0 Å². The zero-order valence-electron chi connectivity index (χ0n) is 30.0. The average Bonchev–Trinajstić information content (AvgIpc) is 3.12. The summed E-state index contributed by atoms with van der Waals surface area (Å²) in [6, 6.07) is 52.8. The van der Waals surface area contributed by atoms with E-state index >= 15 is 0 Å². The van der Waals surface area contributed by atoms with Crippen molar-refractivity contribution < 1.29 is 9.22 Å². The third kappa shape index (κ3) is 8.66. The van der Waals surface area contributed by atoms with Crippen LogP contribution in [0.2, 0.25) is 5.04 Å². The molecule has 0 saturated heterocycles. The van der Waals surface area contributed by atoms with E-state index in [-0.39, 0.29) is 29.1 Å². The maximum Gasteiger partial charge on any atom is 0.262 e. The van der Waals surface area contributed by atoms with E-state index in [1.54, 1.807) is 0 Å². The second-order valence-corrected chi connectivity index (χ2v) is 18.5. The molecule has 3 atom stereocenters. The van der Waals surface area contributed by atoms with Crippen molar-refractivity contribution >= 4 is 24.6 Å². The maximum absolute atomic E-state index is 14.3. The number of rotatable bonds is 14. The number of nitrogens with zero attached hydrogens (tertiary/aromatic N) is 2. The molecular weight excluding hydrogens is 617 g/mol. The number of hydrogen-bond acceptors (Lipinski definition) is 3. The van der Waals surface area contributed by atoms with Crippen molar-refractivity contribution in [3.8, 4) is 0 Å². The Balaban J connectivity index is 1.46. The molecule has 0 unspecified atom stereocenters. The molecule has 0 N–H and O–H groups in total. The van der Waals surface area contributed by atoms with E-state index in [0.29, 0.717) is 6.42 Å². The number of benzene rings is 5. The van der Waals surface area contributed by atoms with Crippen LogP contribution >= 0.6 is 0 Å². The van der Waals surface area contributed by atoms with Crippen LogP contribution in [0.15, 0.2) is 152 Å². The Kier molecular flexibility index (Phi) is 12.1. The lowest BCUT2D eigenvalue weighted by atomic mass is 10.0. The minimum Gasteiger partial charge on any atom is -0.398 e. The van der Waals surface area contributed by atoms with Crippen molar-refractivity contribution in [2.24, 2.45) is 0 Å². The number of carbonyl (C=O) groups excluding carboxylic acids is 1. The Morgan fingerprint density at radius 2 is 1.02 bits per heavy atom. The summed E-state index contributed by atoms with van der Waals surface area (Å²) in [7, 11) is -0.974. The van der Waals surface area contributed by atoms with Gasteiger partial charge < -0.3 is 9.33 Å².